The van der Waals surface area contributed by atoms with E-state index in [1.165, 1.54) is 44.1 Å². The predicted octanol–water partition coefficient (Wildman–Crippen LogP) is 3.69. The van der Waals surface area contributed by atoms with Crippen molar-refractivity contribution in [3.05, 3.63) is 40.1 Å². The number of methoxy groups -OCH3 is 1. The van der Waals surface area contributed by atoms with Gasteiger partial charge in [0.1, 0.15) is 34.7 Å². The molecule has 0 saturated carbocycles. The monoisotopic (exact) mass is 547 g/mol. The molecule has 1 aromatic rings. The third kappa shape index (κ3) is 4.98. The van der Waals surface area contributed by atoms with E-state index in [2.05, 4.69) is 6.07 Å². The van der Waals surface area contributed by atoms with Crippen LogP contribution in [0.15, 0.2) is 28.7 Å². The lowest BCUT2D eigenvalue weighted by molar-refractivity contribution is -0.158. The quantitative estimate of drug-likeness (QED) is 0.518. The molecule has 3 heterocycles. The Hall–Kier alpha value is -3.14. The highest BCUT2D eigenvalue weighted by atomic mass is 32.2. The molecule has 1 aromatic carbocycles. The van der Waals surface area contributed by atoms with E-state index in [0.29, 0.717) is 47.8 Å². The van der Waals surface area contributed by atoms with Gasteiger partial charge in [-0.05, 0) is 57.4 Å². The van der Waals surface area contributed by atoms with Crippen LogP contribution in [0.4, 0.5) is 9.18 Å². The topological polar surface area (TPSA) is 129 Å². The van der Waals surface area contributed by atoms with Crippen molar-refractivity contribution in [2.24, 2.45) is 5.92 Å². The van der Waals surface area contributed by atoms with E-state index in [9.17, 15) is 29.1 Å². The molecule has 3 atom stereocenters. The second-order valence-electron chi connectivity index (χ2n) is 9.91. The Bertz CT molecular complexity index is 1210. The minimum atomic E-state index is -1.86. The Morgan fingerprint density at radius 2 is 2.03 bits per heavy atom. The van der Waals surface area contributed by atoms with E-state index in [4.69, 9.17) is 14.2 Å². The van der Waals surface area contributed by atoms with Gasteiger partial charge < -0.3 is 24.2 Å². The van der Waals surface area contributed by atoms with E-state index < -0.39 is 46.7 Å². The lowest BCUT2D eigenvalue weighted by Gasteiger charge is -2.47. The van der Waals surface area contributed by atoms with Crippen LogP contribution < -0.4 is 4.74 Å². The number of fused-ring (bicyclic) bond motifs is 1. The molecular weight excluding hydrogens is 517 g/mol. The highest BCUT2D eigenvalue weighted by molar-refractivity contribution is 8.04. The summed E-state index contributed by atoms with van der Waals surface area (Å²) in [6, 6.07) is 5.27. The van der Waals surface area contributed by atoms with Crippen molar-refractivity contribution >= 4 is 29.7 Å². The maximum atomic E-state index is 14.4. The minimum absolute atomic E-state index is 0.129. The SMILES string of the molecule is COc1ccc(F)cc1[C@H](CN1C(=O)N(C(C)(C)C(=O)O)C(=O)C2C(C)=C(C#N)SC21)OC1CCOCC1. The van der Waals surface area contributed by atoms with Gasteiger partial charge in [0, 0.05) is 18.8 Å². The number of amides is 3. The van der Waals surface area contributed by atoms with E-state index in [1.807, 2.05) is 0 Å². The van der Waals surface area contributed by atoms with E-state index in [1.54, 1.807) is 6.92 Å². The molecule has 0 aromatic heterocycles. The number of carboxylic acids is 1. The number of nitrogens with zero attached hydrogens (tertiary/aromatic N) is 3. The van der Waals surface area contributed by atoms with E-state index >= 15 is 0 Å². The number of allylic oxidation sites excluding steroid dienone is 1. The van der Waals surface area contributed by atoms with Crippen molar-refractivity contribution < 1.29 is 38.1 Å². The number of imide groups is 1. The molecule has 3 aliphatic heterocycles. The number of hydrogen-bond donors (Lipinski definition) is 1. The van der Waals surface area contributed by atoms with Gasteiger partial charge in [0.2, 0.25) is 5.91 Å². The van der Waals surface area contributed by atoms with Gasteiger partial charge in [-0.25, -0.2) is 18.9 Å². The number of ether oxygens (including phenoxy) is 3. The first-order valence-corrected chi connectivity index (χ1v) is 13.1. The maximum absolute atomic E-state index is 14.4. The van der Waals surface area contributed by atoms with Gasteiger partial charge in [-0.1, -0.05) is 11.8 Å². The molecule has 10 nitrogen and oxygen atoms in total. The van der Waals surface area contributed by atoms with Crippen LogP contribution in [0.5, 0.6) is 5.75 Å². The third-order valence-electron chi connectivity index (χ3n) is 7.19. The second-order valence-corrected chi connectivity index (χ2v) is 11.0. The fourth-order valence-electron chi connectivity index (χ4n) is 4.96. The van der Waals surface area contributed by atoms with Gasteiger partial charge in [-0.3, -0.25) is 4.79 Å². The molecular formula is C26H30FN3O7S. The normalized spacial score (nSPS) is 23.4. The summed E-state index contributed by atoms with van der Waals surface area (Å²) in [5.74, 6) is -3.11. The van der Waals surface area contributed by atoms with Crippen LogP contribution in [0, 0.1) is 23.1 Å². The Morgan fingerprint density at radius 1 is 1.34 bits per heavy atom. The zero-order chi connectivity index (χ0) is 27.8. The molecule has 4 rings (SSSR count). The summed E-state index contributed by atoms with van der Waals surface area (Å²) in [6.45, 7) is 5.05. The molecule has 0 aliphatic carbocycles. The number of carboxylic acid groups (broad SMARTS) is 1. The number of urea groups is 1. The van der Waals surface area contributed by atoms with Crippen LogP contribution in [-0.4, -0.2) is 76.7 Å². The predicted molar refractivity (Wildman–Crippen MR) is 134 cm³/mol. The lowest BCUT2D eigenvalue weighted by Crippen LogP contribution is -2.67. The van der Waals surface area contributed by atoms with Crippen molar-refractivity contribution in [1.29, 1.82) is 5.26 Å². The van der Waals surface area contributed by atoms with Crippen molar-refractivity contribution in [1.82, 2.24) is 9.80 Å². The number of carbonyl (C=O) groups excluding carboxylic acids is 2. The summed E-state index contributed by atoms with van der Waals surface area (Å²) in [5.41, 5.74) is -1.01. The Balaban J connectivity index is 1.78. The van der Waals surface area contributed by atoms with Gasteiger partial charge in [0.05, 0.1) is 30.6 Å². The molecule has 3 aliphatic rings. The van der Waals surface area contributed by atoms with Crippen LogP contribution in [-0.2, 0) is 19.1 Å². The smallest absolute Gasteiger partial charge is 0.329 e. The largest absolute Gasteiger partial charge is 0.496 e. The number of hydrogen-bond acceptors (Lipinski definition) is 8. The second kappa shape index (κ2) is 10.9. The fraction of sp³-hybridized carbons (Fsp3) is 0.538. The Morgan fingerprint density at radius 3 is 2.63 bits per heavy atom. The van der Waals surface area contributed by atoms with Crippen molar-refractivity contribution in [3.8, 4) is 11.8 Å². The summed E-state index contributed by atoms with van der Waals surface area (Å²) in [5, 5.41) is 18.7. The maximum Gasteiger partial charge on any atom is 0.329 e. The van der Waals surface area contributed by atoms with Gasteiger partial charge in [0.25, 0.3) is 0 Å². The molecule has 0 spiro atoms. The van der Waals surface area contributed by atoms with Crippen molar-refractivity contribution in [2.45, 2.75) is 56.7 Å². The zero-order valence-corrected chi connectivity index (χ0v) is 22.4. The molecule has 2 saturated heterocycles. The summed E-state index contributed by atoms with van der Waals surface area (Å²) < 4.78 is 31.7. The van der Waals surface area contributed by atoms with Crippen LogP contribution in [0.2, 0.25) is 0 Å². The van der Waals surface area contributed by atoms with Gasteiger partial charge in [0.15, 0.2) is 0 Å². The molecule has 2 unspecified atom stereocenters. The molecule has 0 radical (unpaired) electrons. The van der Waals surface area contributed by atoms with Crippen LogP contribution >= 0.6 is 11.8 Å². The lowest BCUT2D eigenvalue weighted by atomic mass is 9.91. The molecule has 0 bridgehead atoms. The molecule has 3 amide bonds. The number of nitriles is 1. The molecule has 38 heavy (non-hydrogen) atoms. The summed E-state index contributed by atoms with van der Waals surface area (Å²) in [7, 11) is 1.44. The number of halogens is 1. The first-order valence-electron chi connectivity index (χ1n) is 12.2. The zero-order valence-electron chi connectivity index (χ0n) is 21.6. The molecule has 12 heteroatoms. The van der Waals surface area contributed by atoms with Gasteiger partial charge >= 0.3 is 12.0 Å². The van der Waals surface area contributed by atoms with Crippen molar-refractivity contribution in [3.63, 3.8) is 0 Å². The number of thioether (sulfide) groups is 1. The highest BCUT2D eigenvalue weighted by Crippen LogP contribution is 2.48. The summed E-state index contributed by atoms with van der Waals surface area (Å²) >= 11 is 1.08. The molecule has 204 valence electrons. The Labute approximate surface area is 224 Å². The van der Waals surface area contributed by atoms with Crippen LogP contribution in [0.1, 0.15) is 45.3 Å². The third-order valence-corrected chi connectivity index (χ3v) is 8.61. The van der Waals surface area contributed by atoms with Gasteiger partial charge in [-0.15, -0.1) is 0 Å². The summed E-state index contributed by atoms with van der Waals surface area (Å²) in [6.07, 6.45) is 0.0807. The fourth-order valence-corrected chi connectivity index (χ4v) is 6.33. The minimum Gasteiger partial charge on any atom is -0.496 e. The number of carbonyl (C=O) groups is 3. The first kappa shape index (κ1) is 27.9. The van der Waals surface area contributed by atoms with E-state index in [0.717, 1.165) is 16.7 Å². The van der Waals surface area contributed by atoms with Crippen LogP contribution in [0.25, 0.3) is 0 Å². The summed E-state index contributed by atoms with van der Waals surface area (Å²) in [4.78, 5) is 41.9. The number of benzene rings is 1. The number of aliphatic carboxylic acids is 1. The van der Waals surface area contributed by atoms with Crippen molar-refractivity contribution in [2.75, 3.05) is 26.9 Å². The first-order chi connectivity index (χ1) is 18.0. The highest BCUT2D eigenvalue weighted by Gasteiger charge is 2.57. The van der Waals surface area contributed by atoms with E-state index in [-0.39, 0.29) is 12.6 Å². The molecule has 1 N–H and O–H groups in total. The Kier molecular flexibility index (Phi) is 8.01. The van der Waals surface area contributed by atoms with Gasteiger partial charge in [-0.2, -0.15) is 5.26 Å². The standard InChI is InChI=1S/C26H30FN3O7S/c1-14-20(12-28)38-23-21(14)22(31)30(26(2,3)24(32)33)25(34)29(23)13-19(37-16-7-9-36-10-8-16)17-11-15(27)5-6-18(17)35-4/h5-6,11,16,19,21,23H,7-10,13H2,1-4H3,(H,32,33)/t19-,21?,23?/m0/s1. The number of rotatable bonds is 8. The van der Waals surface area contributed by atoms with Crippen LogP contribution in [0.3, 0.4) is 0 Å². The molecule has 2 fully saturated rings. The average Bonchev–Trinajstić information content (AvgIpc) is 3.22. The average molecular weight is 548 g/mol.